The van der Waals surface area contributed by atoms with Crippen LogP contribution in [0.25, 0.3) is 0 Å². The van der Waals surface area contributed by atoms with Gasteiger partial charge in [-0.2, -0.15) is 0 Å². The summed E-state index contributed by atoms with van der Waals surface area (Å²) in [6.07, 6.45) is 3.36. The van der Waals surface area contributed by atoms with E-state index in [-0.39, 0.29) is 30.1 Å². The van der Waals surface area contributed by atoms with E-state index in [1.54, 1.807) is 17.3 Å². The third-order valence-corrected chi connectivity index (χ3v) is 5.33. The van der Waals surface area contributed by atoms with Crippen LogP contribution in [0.2, 0.25) is 0 Å². The van der Waals surface area contributed by atoms with E-state index in [0.717, 1.165) is 70.8 Å². The van der Waals surface area contributed by atoms with Gasteiger partial charge in [0.25, 0.3) is 0 Å². The van der Waals surface area contributed by atoms with Crippen LogP contribution in [0.15, 0.2) is 23.5 Å². The van der Waals surface area contributed by atoms with Crippen LogP contribution in [0, 0.1) is 0 Å². The zero-order valence-electron chi connectivity index (χ0n) is 18.6. The molecule has 31 heavy (non-hydrogen) atoms. The van der Waals surface area contributed by atoms with E-state index in [2.05, 4.69) is 36.9 Å². The van der Waals surface area contributed by atoms with Crippen molar-refractivity contribution in [1.29, 1.82) is 0 Å². The minimum Gasteiger partial charge on any atom is -0.450 e. The number of hydrogen-bond donors (Lipinski definition) is 1. The summed E-state index contributed by atoms with van der Waals surface area (Å²) in [7, 11) is 0. The summed E-state index contributed by atoms with van der Waals surface area (Å²) in [6.45, 7) is 13.5. The van der Waals surface area contributed by atoms with E-state index >= 15 is 0 Å². The number of hydrogen-bond acceptors (Lipinski definition) is 7. The number of aliphatic imine (C=N–C) groups is 1. The highest BCUT2D eigenvalue weighted by Crippen LogP contribution is 2.09. The Kier molecular flexibility index (Phi) is 11.1. The molecule has 2 aliphatic heterocycles. The standard InChI is InChI=1S/C20H34N8O2.HI/c1-3-21-18(27-14-16-28(17-15-27)20(29)30-4-2)24-8-9-25-10-12-26(13-11-25)19-22-6-5-7-23-19;/h5-7H,3-4,8-17H2,1-2H3,(H,21,24);1H. The first-order valence-corrected chi connectivity index (χ1v) is 10.9. The lowest BCUT2D eigenvalue weighted by molar-refractivity contribution is 0.0914. The zero-order chi connectivity index (χ0) is 21.2. The topological polar surface area (TPSA) is 89.4 Å². The molecule has 1 amide bonds. The summed E-state index contributed by atoms with van der Waals surface area (Å²) in [5, 5.41) is 3.39. The van der Waals surface area contributed by atoms with Gasteiger partial charge in [-0.05, 0) is 19.9 Å². The smallest absolute Gasteiger partial charge is 0.409 e. The number of ether oxygens (including phenoxy) is 1. The molecule has 1 aromatic heterocycles. The summed E-state index contributed by atoms with van der Waals surface area (Å²) >= 11 is 0. The van der Waals surface area contributed by atoms with Crippen LogP contribution in [0.5, 0.6) is 0 Å². The van der Waals surface area contributed by atoms with Gasteiger partial charge in [0.15, 0.2) is 5.96 Å². The summed E-state index contributed by atoms with van der Waals surface area (Å²) in [5.74, 6) is 1.74. The molecule has 2 aliphatic rings. The van der Waals surface area contributed by atoms with E-state index in [9.17, 15) is 4.79 Å². The predicted octanol–water partition coefficient (Wildman–Crippen LogP) is 0.956. The highest BCUT2D eigenvalue weighted by atomic mass is 127. The summed E-state index contributed by atoms with van der Waals surface area (Å²) in [6, 6.07) is 1.84. The summed E-state index contributed by atoms with van der Waals surface area (Å²) in [5.41, 5.74) is 0. The Bertz CT molecular complexity index is 677. The minimum absolute atomic E-state index is 0. The molecular formula is C20H35IN8O2. The Labute approximate surface area is 202 Å². The van der Waals surface area contributed by atoms with Gasteiger partial charge in [0, 0.05) is 77.8 Å². The van der Waals surface area contributed by atoms with Crippen LogP contribution in [-0.2, 0) is 4.74 Å². The van der Waals surface area contributed by atoms with Gasteiger partial charge in [-0.15, -0.1) is 24.0 Å². The number of amides is 1. The van der Waals surface area contributed by atoms with E-state index in [1.807, 2.05) is 13.0 Å². The monoisotopic (exact) mass is 546 g/mol. The first kappa shape index (κ1) is 25.4. The second-order valence-electron chi connectivity index (χ2n) is 7.29. The lowest BCUT2D eigenvalue weighted by Gasteiger charge is -2.36. The highest BCUT2D eigenvalue weighted by molar-refractivity contribution is 14.0. The first-order valence-electron chi connectivity index (χ1n) is 10.9. The molecule has 3 heterocycles. The highest BCUT2D eigenvalue weighted by Gasteiger charge is 2.24. The molecule has 11 heteroatoms. The zero-order valence-corrected chi connectivity index (χ0v) is 20.9. The number of nitrogens with zero attached hydrogens (tertiary/aromatic N) is 7. The largest absolute Gasteiger partial charge is 0.450 e. The van der Waals surface area contributed by atoms with Crippen molar-refractivity contribution >= 4 is 42.0 Å². The maximum atomic E-state index is 11.9. The molecule has 1 aromatic rings. The van der Waals surface area contributed by atoms with Crippen molar-refractivity contribution < 1.29 is 9.53 Å². The maximum absolute atomic E-state index is 11.9. The molecular weight excluding hydrogens is 511 g/mol. The lowest BCUT2D eigenvalue weighted by Crippen LogP contribution is -2.54. The van der Waals surface area contributed by atoms with E-state index in [4.69, 9.17) is 9.73 Å². The number of rotatable bonds is 6. The molecule has 0 radical (unpaired) electrons. The molecule has 1 N–H and O–H groups in total. The van der Waals surface area contributed by atoms with Gasteiger partial charge in [0.1, 0.15) is 0 Å². The summed E-state index contributed by atoms with van der Waals surface area (Å²) < 4.78 is 5.10. The van der Waals surface area contributed by atoms with Crippen molar-refractivity contribution in [3.8, 4) is 0 Å². The van der Waals surface area contributed by atoms with Crippen molar-refractivity contribution in [2.45, 2.75) is 13.8 Å². The Morgan fingerprint density at radius 2 is 1.68 bits per heavy atom. The molecule has 2 fully saturated rings. The van der Waals surface area contributed by atoms with E-state index in [1.165, 1.54) is 0 Å². The predicted molar refractivity (Wildman–Crippen MR) is 132 cm³/mol. The van der Waals surface area contributed by atoms with E-state index in [0.29, 0.717) is 19.7 Å². The molecule has 2 saturated heterocycles. The van der Waals surface area contributed by atoms with Crippen LogP contribution in [0.4, 0.5) is 10.7 Å². The van der Waals surface area contributed by atoms with Crippen molar-refractivity contribution in [2.75, 3.05) is 83.5 Å². The van der Waals surface area contributed by atoms with Crippen LogP contribution < -0.4 is 10.2 Å². The maximum Gasteiger partial charge on any atom is 0.409 e. The van der Waals surface area contributed by atoms with Gasteiger partial charge in [-0.25, -0.2) is 14.8 Å². The molecule has 0 atom stereocenters. The molecule has 0 saturated carbocycles. The molecule has 0 aliphatic carbocycles. The average Bonchev–Trinajstić information content (AvgIpc) is 2.80. The van der Waals surface area contributed by atoms with Gasteiger partial charge in [0.2, 0.25) is 5.95 Å². The first-order chi connectivity index (χ1) is 14.7. The number of piperazine rings is 2. The normalized spacial score (nSPS) is 17.9. The lowest BCUT2D eigenvalue weighted by atomic mass is 10.3. The molecule has 0 spiro atoms. The second-order valence-corrected chi connectivity index (χ2v) is 7.29. The number of halogens is 1. The fourth-order valence-corrected chi connectivity index (χ4v) is 3.66. The Balaban J connectivity index is 0.00000341. The number of anilines is 1. The van der Waals surface area contributed by atoms with Crippen LogP contribution >= 0.6 is 24.0 Å². The fourth-order valence-electron chi connectivity index (χ4n) is 3.66. The Hall–Kier alpha value is -1.89. The molecule has 0 aromatic carbocycles. The average molecular weight is 546 g/mol. The third kappa shape index (κ3) is 7.63. The third-order valence-electron chi connectivity index (χ3n) is 5.33. The van der Waals surface area contributed by atoms with Crippen LogP contribution in [0.3, 0.4) is 0 Å². The van der Waals surface area contributed by atoms with Crippen molar-refractivity contribution in [2.24, 2.45) is 4.99 Å². The van der Waals surface area contributed by atoms with Crippen LogP contribution in [-0.4, -0.2) is 115 Å². The number of carbonyl (C=O) groups is 1. The van der Waals surface area contributed by atoms with Gasteiger partial charge >= 0.3 is 6.09 Å². The quantitative estimate of drug-likeness (QED) is 0.321. The van der Waals surface area contributed by atoms with E-state index < -0.39 is 0 Å². The fraction of sp³-hybridized carbons (Fsp3) is 0.700. The molecule has 3 rings (SSSR count). The Morgan fingerprint density at radius 1 is 1.03 bits per heavy atom. The van der Waals surface area contributed by atoms with Crippen molar-refractivity contribution in [3.63, 3.8) is 0 Å². The van der Waals surface area contributed by atoms with Gasteiger partial charge in [-0.3, -0.25) is 9.89 Å². The number of carbonyl (C=O) groups excluding carboxylic acids is 1. The van der Waals surface area contributed by atoms with Gasteiger partial charge in [-0.1, -0.05) is 0 Å². The minimum atomic E-state index is -0.223. The molecule has 10 nitrogen and oxygen atoms in total. The second kappa shape index (κ2) is 13.5. The van der Waals surface area contributed by atoms with Crippen molar-refractivity contribution in [1.82, 2.24) is 30.0 Å². The van der Waals surface area contributed by atoms with Crippen LogP contribution in [0.1, 0.15) is 13.8 Å². The summed E-state index contributed by atoms with van der Waals surface area (Å²) in [4.78, 5) is 34.0. The van der Waals surface area contributed by atoms with Gasteiger partial charge in [0.05, 0.1) is 13.2 Å². The van der Waals surface area contributed by atoms with Gasteiger partial charge < -0.3 is 24.8 Å². The Morgan fingerprint density at radius 3 is 2.29 bits per heavy atom. The van der Waals surface area contributed by atoms with Crippen molar-refractivity contribution in [3.05, 3.63) is 18.5 Å². The molecule has 0 unspecified atom stereocenters. The number of nitrogens with one attached hydrogen (secondary N) is 1. The molecule has 174 valence electrons. The SMILES string of the molecule is CCNC(=NCCN1CCN(c2ncccn2)CC1)N1CCN(C(=O)OCC)CC1.I. The number of aromatic nitrogens is 2. The number of guanidine groups is 1. The molecule has 0 bridgehead atoms.